The second kappa shape index (κ2) is 22.0. The standard InChI is InChI=1S/C31H57N/c1-4-7-9-11-13-15-17-19-21-23-25-30-27-29(6-3)28-31(32-30)26-24-22-20-18-16-14-12-10-8-5-2/h27-28H,4-26H2,1-3H3. The molecule has 0 aliphatic heterocycles. The second-order valence-corrected chi connectivity index (χ2v) is 10.2. The molecule has 0 amide bonds. The van der Waals surface area contributed by atoms with Crippen molar-refractivity contribution < 1.29 is 0 Å². The molecule has 1 aromatic heterocycles. The van der Waals surface area contributed by atoms with Crippen molar-refractivity contribution >= 4 is 0 Å². The molecule has 0 saturated heterocycles. The third-order valence-corrected chi connectivity index (χ3v) is 6.97. The molecule has 32 heavy (non-hydrogen) atoms. The molecule has 0 aromatic carbocycles. The van der Waals surface area contributed by atoms with E-state index in [1.807, 2.05) is 0 Å². The van der Waals surface area contributed by atoms with Gasteiger partial charge < -0.3 is 0 Å². The summed E-state index contributed by atoms with van der Waals surface area (Å²) in [5.41, 5.74) is 4.20. The van der Waals surface area contributed by atoms with Crippen LogP contribution in [-0.4, -0.2) is 4.98 Å². The van der Waals surface area contributed by atoms with Crippen LogP contribution in [0.3, 0.4) is 0 Å². The Hall–Kier alpha value is -0.850. The lowest BCUT2D eigenvalue weighted by atomic mass is 10.0. The minimum Gasteiger partial charge on any atom is -0.258 e. The summed E-state index contributed by atoms with van der Waals surface area (Å²) in [5, 5.41) is 0. The van der Waals surface area contributed by atoms with Crippen molar-refractivity contribution in [1.82, 2.24) is 4.98 Å². The Morgan fingerprint density at radius 3 is 1.06 bits per heavy atom. The number of pyridine rings is 1. The number of hydrogen-bond donors (Lipinski definition) is 0. The van der Waals surface area contributed by atoms with E-state index in [9.17, 15) is 0 Å². The molecule has 186 valence electrons. The zero-order valence-corrected chi connectivity index (χ0v) is 22.4. The molecular weight excluding hydrogens is 386 g/mol. The fraction of sp³-hybridized carbons (Fsp3) is 0.839. The first-order valence-corrected chi connectivity index (χ1v) is 14.8. The van der Waals surface area contributed by atoms with Crippen LogP contribution in [0.25, 0.3) is 0 Å². The highest BCUT2D eigenvalue weighted by Gasteiger charge is 2.03. The summed E-state index contributed by atoms with van der Waals surface area (Å²) in [5.74, 6) is 0. The van der Waals surface area contributed by atoms with Crippen LogP contribution in [0.5, 0.6) is 0 Å². The molecule has 0 bridgehead atoms. The summed E-state index contributed by atoms with van der Waals surface area (Å²) in [6.45, 7) is 6.88. The zero-order chi connectivity index (χ0) is 23.1. The highest BCUT2D eigenvalue weighted by atomic mass is 14.7. The van der Waals surface area contributed by atoms with Gasteiger partial charge in [-0.25, -0.2) is 0 Å². The van der Waals surface area contributed by atoms with Gasteiger partial charge in [0.15, 0.2) is 0 Å². The lowest BCUT2D eigenvalue weighted by Crippen LogP contribution is -1.99. The van der Waals surface area contributed by atoms with Crippen LogP contribution in [0.15, 0.2) is 12.1 Å². The van der Waals surface area contributed by atoms with Crippen LogP contribution >= 0.6 is 0 Å². The van der Waals surface area contributed by atoms with Crippen molar-refractivity contribution in [3.8, 4) is 0 Å². The van der Waals surface area contributed by atoms with E-state index in [1.54, 1.807) is 0 Å². The maximum absolute atomic E-state index is 5.03. The highest BCUT2D eigenvalue weighted by Crippen LogP contribution is 2.16. The minimum atomic E-state index is 1.14. The maximum Gasteiger partial charge on any atom is 0.0409 e. The molecule has 0 N–H and O–H groups in total. The molecule has 0 aliphatic carbocycles. The Balaban J connectivity index is 2.13. The summed E-state index contributed by atoms with van der Waals surface area (Å²) >= 11 is 0. The zero-order valence-electron chi connectivity index (χ0n) is 22.4. The van der Waals surface area contributed by atoms with E-state index >= 15 is 0 Å². The van der Waals surface area contributed by atoms with Crippen LogP contribution in [0.4, 0.5) is 0 Å². The summed E-state index contributed by atoms with van der Waals surface area (Å²) in [6.07, 6.45) is 31.7. The number of unbranched alkanes of at least 4 members (excludes halogenated alkanes) is 18. The number of aromatic nitrogens is 1. The van der Waals surface area contributed by atoms with Gasteiger partial charge in [0, 0.05) is 11.4 Å². The first-order valence-electron chi connectivity index (χ1n) is 14.8. The molecule has 0 fully saturated rings. The van der Waals surface area contributed by atoms with Crippen LogP contribution < -0.4 is 0 Å². The van der Waals surface area contributed by atoms with Crippen molar-refractivity contribution in [3.63, 3.8) is 0 Å². The van der Waals surface area contributed by atoms with Gasteiger partial charge in [0.25, 0.3) is 0 Å². The topological polar surface area (TPSA) is 12.9 Å². The van der Waals surface area contributed by atoms with Crippen LogP contribution in [0, 0.1) is 0 Å². The summed E-state index contributed by atoms with van der Waals surface area (Å²) in [6, 6.07) is 4.74. The molecule has 1 heterocycles. The molecular formula is C31H57N. The molecule has 0 unspecified atom stereocenters. The van der Waals surface area contributed by atoms with Gasteiger partial charge in [0.05, 0.1) is 0 Å². The number of nitrogens with zero attached hydrogens (tertiary/aromatic N) is 1. The van der Waals surface area contributed by atoms with Gasteiger partial charge in [-0.1, -0.05) is 136 Å². The largest absolute Gasteiger partial charge is 0.258 e. The van der Waals surface area contributed by atoms with Crippen LogP contribution in [0.1, 0.15) is 166 Å². The second-order valence-electron chi connectivity index (χ2n) is 10.2. The lowest BCUT2D eigenvalue weighted by molar-refractivity contribution is 0.553. The summed E-state index contributed by atoms with van der Waals surface area (Å²) < 4.78 is 0. The van der Waals surface area contributed by atoms with E-state index in [0.29, 0.717) is 0 Å². The Morgan fingerprint density at radius 1 is 0.438 bits per heavy atom. The van der Waals surface area contributed by atoms with Crippen molar-refractivity contribution in [3.05, 3.63) is 29.1 Å². The van der Waals surface area contributed by atoms with E-state index in [-0.39, 0.29) is 0 Å². The van der Waals surface area contributed by atoms with Crippen molar-refractivity contribution in [1.29, 1.82) is 0 Å². The molecule has 1 nitrogen and oxygen atoms in total. The normalized spacial score (nSPS) is 11.3. The molecule has 1 aromatic rings. The van der Waals surface area contributed by atoms with E-state index < -0.39 is 0 Å². The predicted molar refractivity (Wildman–Crippen MR) is 145 cm³/mol. The Bertz CT molecular complexity index is 479. The number of rotatable bonds is 23. The van der Waals surface area contributed by atoms with E-state index in [0.717, 1.165) is 6.42 Å². The first kappa shape index (κ1) is 29.2. The molecule has 0 radical (unpaired) electrons. The van der Waals surface area contributed by atoms with Crippen molar-refractivity contribution in [2.75, 3.05) is 0 Å². The monoisotopic (exact) mass is 443 g/mol. The summed E-state index contributed by atoms with van der Waals surface area (Å²) in [7, 11) is 0. The maximum atomic E-state index is 5.03. The van der Waals surface area contributed by atoms with Gasteiger partial charge in [-0.05, 0) is 49.8 Å². The molecule has 1 heteroatoms. The third-order valence-electron chi connectivity index (χ3n) is 6.97. The van der Waals surface area contributed by atoms with E-state index in [1.165, 1.54) is 158 Å². The van der Waals surface area contributed by atoms with Gasteiger partial charge in [0.2, 0.25) is 0 Å². The first-order chi connectivity index (χ1) is 15.8. The SMILES string of the molecule is CCCCCCCCCCCCc1cc(CC)cc(CCCCCCCCCCCC)n1. The third kappa shape index (κ3) is 16.7. The smallest absolute Gasteiger partial charge is 0.0409 e. The Labute approximate surface area is 202 Å². The van der Waals surface area contributed by atoms with Crippen LogP contribution in [0.2, 0.25) is 0 Å². The fourth-order valence-corrected chi connectivity index (χ4v) is 4.77. The average Bonchev–Trinajstić information content (AvgIpc) is 2.81. The average molecular weight is 444 g/mol. The van der Waals surface area contributed by atoms with Gasteiger partial charge >= 0.3 is 0 Å². The Morgan fingerprint density at radius 2 is 0.750 bits per heavy atom. The highest BCUT2D eigenvalue weighted by molar-refractivity contribution is 5.22. The molecule has 0 spiro atoms. The Kier molecular flexibility index (Phi) is 20.0. The van der Waals surface area contributed by atoms with Gasteiger partial charge in [0.1, 0.15) is 0 Å². The number of hydrogen-bond acceptors (Lipinski definition) is 1. The summed E-state index contributed by atoms with van der Waals surface area (Å²) in [4.78, 5) is 5.03. The molecule has 0 atom stereocenters. The molecule has 0 saturated carbocycles. The fourth-order valence-electron chi connectivity index (χ4n) is 4.77. The minimum absolute atomic E-state index is 1.14. The predicted octanol–water partition coefficient (Wildman–Crippen LogP) is 10.6. The van der Waals surface area contributed by atoms with Gasteiger partial charge in [-0.3, -0.25) is 4.98 Å². The van der Waals surface area contributed by atoms with E-state index in [2.05, 4.69) is 32.9 Å². The quantitative estimate of drug-likeness (QED) is 0.153. The van der Waals surface area contributed by atoms with Gasteiger partial charge in [-0.2, -0.15) is 0 Å². The van der Waals surface area contributed by atoms with Crippen LogP contribution in [-0.2, 0) is 19.3 Å². The lowest BCUT2D eigenvalue weighted by Gasteiger charge is -2.09. The van der Waals surface area contributed by atoms with Crippen molar-refractivity contribution in [2.24, 2.45) is 0 Å². The number of aryl methyl sites for hydroxylation is 3. The van der Waals surface area contributed by atoms with Crippen molar-refractivity contribution in [2.45, 2.75) is 168 Å². The van der Waals surface area contributed by atoms with E-state index in [4.69, 9.17) is 4.98 Å². The molecule has 0 aliphatic rings. The molecule has 1 rings (SSSR count). The van der Waals surface area contributed by atoms with Gasteiger partial charge in [-0.15, -0.1) is 0 Å².